The Bertz CT molecular complexity index is 921. The van der Waals surface area contributed by atoms with Gasteiger partial charge in [0.25, 0.3) is 5.89 Å². The van der Waals surface area contributed by atoms with Crippen LogP contribution in [0.15, 0.2) is 63.9 Å². The standard InChI is InChI=1S/C17H12N4O2/c1-3-12(15-8-9-18-20-15)11-13(4-1)17-19-16(23-21-17)7-6-14-5-2-10-22-14/h1-11H,(H,18,20)/b7-6+. The van der Waals surface area contributed by atoms with E-state index in [1.807, 2.05) is 42.5 Å². The predicted molar refractivity (Wildman–Crippen MR) is 85.0 cm³/mol. The van der Waals surface area contributed by atoms with E-state index >= 15 is 0 Å². The maximum absolute atomic E-state index is 5.24. The van der Waals surface area contributed by atoms with Gasteiger partial charge in [-0.1, -0.05) is 23.4 Å². The number of aromatic nitrogens is 4. The van der Waals surface area contributed by atoms with Crippen LogP contribution in [0.5, 0.6) is 0 Å². The smallest absolute Gasteiger partial charge is 0.251 e. The number of nitrogens with one attached hydrogen (secondary N) is 1. The van der Waals surface area contributed by atoms with E-state index in [4.69, 9.17) is 8.94 Å². The Morgan fingerprint density at radius 3 is 2.78 bits per heavy atom. The Balaban J connectivity index is 1.60. The molecular formula is C17H12N4O2. The number of rotatable bonds is 4. The molecule has 3 heterocycles. The molecule has 0 unspecified atom stereocenters. The summed E-state index contributed by atoms with van der Waals surface area (Å²) in [4.78, 5) is 4.37. The Kier molecular flexibility index (Phi) is 3.32. The summed E-state index contributed by atoms with van der Waals surface area (Å²) in [5.74, 6) is 1.68. The third-order valence-electron chi connectivity index (χ3n) is 3.31. The fraction of sp³-hybridized carbons (Fsp3) is 0. The average molecular weight is 304 g/mol. The average Bonchev–Trinajstić information content (AvgIpc) is 3.35. The molecule has 6 heteroatoms. The van der Waals surface area contributed by atoms with E-state index in [1.54, 1.807) is 24.6 Å². The summed E-state index contributed by atoms with van der Waals surface area (Å²) >= 11 is 0. The van der Waals surface area contributed by atoms with E-state index in [1.165, 1.54) is 0 Å². The molecule has 0 bridgehead atoms. The highest BCUT2D eigenvalue weighted by Gasteiger charge is 2.08. The third-order valence-corrected chi connectivity index (χ3v) is 3.31. The molecule has 0 aliphatic heterocycles. The molecule has 6 nitrogen and oxygen atoms in total. The lowest BCUT2D eigenvalue weighted by molar-refractivity contribution is 0.411. The first kappa shape index (κ1) is 13.3. The van der Waals surface area contributed by atoms with E-state index < -0.39 is 0 Å². The molecule has 0 aliphatic rings. The van der Waals surface area contributed by atoms with Crippen molar-refractivity contribution in [3.05, 3.63) is 66.6 Å². The van der Waals surface area contributed by atoms with Gasteiger partial charge in [0.2, 0.25) is 5.82 Å². The zero-order chi connectivity index (χ0) is 15.5. The fourth-order valence-electron chi connectivity index (χ4n) is 2.20. The van der Waals surface area contributed by atoms with Gasteiger partial charge in [0.05, 0.1) is 12.0 Å². The van der Waals surface area contributed by atoms with E-state index in [0.29, 0.717) is 11.7 Å². The summed E-state index contributed by atoms with van der Waals surface area (Å²) in [7, 11) is 0. The first-order chi connectivity index (χ1) is 11.4. The summed E-state index contributed by atoms with van der Waals surface area (Å²) in [6.45, 7) is 0. The topological polar surface area (TPSA) is 80.7 Å². The lowest BCUT2D eigenvalue weighted by Crippen LogP contribution is -1.83. The Hall–Kier alpha value is -3.41. The molecule has 0 atom stereocenters. The zero-order valence-electron chi connectivity index (χ0n) is 12.0. The van der Waals surface area contributed by atoms with Crippen LogP contribution < -0.4 is 0 Å². The van der Waals surface area contributed by atoms with Crippen molar-refractivity contribution in [2.75, 3.05) is 0 Å². The van der Waals surface area contributed by atoms with Crippen molar-refractivity contribution in [1.29, 1.82) is 0 Å². The van der Waals surface area contributed by atoms with Gasteiger partial charge in [-0.05, 0) is 30.3 Å². The predicted octanol–water partition coefficient (Wildman–Crippen LogP) is 3.89. The maximum atomic E-state index is 5.24. The van der Waals surface area contributed by atoms with Crippen LogP contribution in [0.1, 0.15) is 11.7 Å². The molecule has 0 radical (unpaired) electrons. The van der Waals surface area contributed by atoms with Gasteiger partial charge in [0, 0.05) is 23.4 Å². The molecule has 4 aromatic rings. The number of hydrogen-bond donors (Lipinski definition) is 1. The van der Waals surface area contributed by atoms with Crippen molar-refractivity contribution in [2.24, 2.45) is 0 Å². The van der Waals surface area contributed by atoms with Crippen LogP contribution in [0.3, 0.4) is 0 Å². The van der Waals surface area contributed by atoms with Gasteiger partial charge >= 0.3 is 0 Å². The monoisotopic (exact) mass is 304 g/mol. The lowest BCUT2D eigenvalue weighted by atomic mass is 10.1. The first-order valence-electron chi connectivity index (χ1n) is 7.04. The fourth-order valence-corrected chi connectivity index (χ4v) is 2.20. The van der Waals surface area contributed by atoms with Crippen LogP contribution in [-0.4, -0.2) is 20.3 Å². The molecule has 23 heavy (non-hydrogen) atoms. The second-order valence-corrected chi connectivity index (χ2v) is 4.86. The molecule has 0 saturated carbocycles. The number of furan rings is 1. The van der Waals surface area contributed by atoms with Crippen molar-refractivity contribution in [3.63, 3.8) is 0 Å². The molecule has 1 N–H and O–H groups in total. The molecule has 0 aliphatic carbocycles. The van der Waals surface area contributed by atoms with E-state index in [2.05, 4.69) is 20.3 Å². The first-order valence-corrected chi connectivity index (χ1v) is 7.04. The minimum Gasteiger partial charge on any atom is -0.465 e. The van der Waals surface area contributed by atoms with Crippen LogP contribution in [0.2, 0.25) is 0 Å². The summed E-state index contributed by atoms with van der Waals surface area (Å²) in [5.41, 5.74) is 2.82. The molecule has 3 aromatic heterocycles. The minimum atomic E-state index is 0.420. The number of nitrogens with zero attached hydrogens (tertiary/aromatic N) is 3. The quantitative estimate of drug-likeness (QED) is 0.618. The van der Waals surface area contributed by atoms with Crippen LogP contribution in [0.25, 0.3) is 34.8 Å². The highest BCUT2D eigenvalue weighted by atomic mass is 16.5. The highest BCUT2D eigenvalue weighted by molar-refractivity contribution is 5.68. The number of hydrogen-bond acceptors (Lipinski definition) is 5. The van der Waals surface area contributed by atoms with Crippen molar-refractivity contribution in [2.45, 2.75) is 0 Å². The van der Waals surface area contributed by atoms with Crippen LogP contribution >= 0.6 is 0 Å². The molecule has 112 valence electrons. The van der Waals surface area contributed by atoms with Gasteiger partial charge in [-0.25, -0.2) is 0 Å². The third kappa shape index (κ3) is 2.82. The van der Waals surface area contributed by atoms with Gasteiger partial charge in [0.1, 0.15) is 5.76 Å². The Labute approximate surface area is 131 Å². The molecular weight excluding hydrogens is 292 g/mol. The minimum absolute atomic E-state index is 0.420. The Morgan fingerprint density at radius 1 is 1.00 bits per heavy atom. The van der Waals surface area contributed by atoms with Gasteiger partial charge in [0.15, 0.2) is 0 Å². The zero-order valence-corrected chi connectivity index (χ0v) is 12.0. The van der Waals surface area contributed by atoms with E-state index in [-0.39, 0.29) is 0 Å². The highest BCUT2D eigenvalue weighted by Crippen LogP contribution is 2.23. The molecule has 0 saturated heterocycles. The second-order valence-electron chi connectivity index (χ2n) is 4.86. The SMILES string of the molecule is C(=C\c1nc(-c2cccc(-c3ccn[nH]3)c2)no1)/c1ccco1. The largest absolute Gasteiger partial charge is 0.465 e. The molecule has 0 fully saturated rings. The van der Waals surface area contributed by atoms with Crippen LogP contribution in [0.4, 0.5) is 0 Å². The van der Waals surface area contributed by atoms with Crippen molar-refractivity contribution < 1.29 is 8.94 Å². The molecule has 4 rings (SSSR count). The van der Waals surface area contributed by atoms with E-state index in [9.17, 15) is 0 Å². The number of aromatic amines is 1. The number of H-pyrrole nitrogens is 1. The molecule has 0 amide bonds. The van der Waals surface area contributed by atoms with Crippen LogP contribution in [-0.2, 0) is 0 Å². The summed E-state index contributed by atoms with van der Waals surface area (Å²) in [6, 6.07) is 13.4. The molecule has 0 spiro atoms. The lowest BCUT2D eigenvalue weighted by Gasteiger charge is -1.99. The van der Waals surface area contributed by atoms with Gasteiger partial charge in [-0.3, -0.25) is 5.10 Å². The van der Waals surface area contributed by atoms with Crippen molar-refractivity contribution in [1.82, 2.24) is 20.3 Å². The summed E-state index contributed by atoms with van der Waals surface area (Å²) in [6.07, 6.45) is 6.82. The maximum Gasteiger partial charge on any atom is 0.251 e. The second kappa shape index (κ2) is 5.76. The normalized spacial score (nSPS) is 11.3. The van der Waals surface area contributed by atoms with Gasteiger partial charge in [-0.2, -0.15) is 10.1 Å². The van der Waals surface area contributed by atoms with Crippen molar-refractivity contribution in [3.8, 4) is 22.6 Å². The summed E-state index contributed by atoms with van der Waals surface area (Å²) in [5, 5.41) is 10.9. The van der Waals surface area contributed by atoms with E-state index in [0.717, 1.165) is 22.6 Å². The van der Waals surface area contributed by atoms with Gasteiger partial charge in [-0.15, -0.1) is 0 Å². The van der Waals surface area contributed by atoms with Crippen LogP contribution in [0, 0.1) is 0 Å². The molecule has 1 aromatic carbocycles. The Morgan fingerprint density at radius 2 is 1.96 bits per heavy atom. The van der Waals surface area contributed by atoms with Gasteiger partial charge < -0.3 is 8.94 Å². The van der Waals surface area contributed by atoms with Crippen molar-refractivity contribution >= 4 is 12.2 Å². The number of benzene rings is 1. The summed E-state index contributed by atoms with van der Waals surface area (Å²) < 4.78 is 10.5.